The first kappa shape index (κ1) is 10.3. The largest absolute Gasteiger partial charge is 0.368 e. The number of aliphatic imine (C=N–C) groups is 1. The second-order valence-electron chi connectivity index (χ2n) is 3.61. The molecule has 1 aliphatic rings. The highest BCUT2D eigenvalue weighted by Crippen LogP contribution is 2.14. The molecule has 0 aromatic carbocycles. The van der Waals surface area contributed by atoms with E-state index in [4.69, 9.17) is 10.9 Å². The van der Waals surface area contributed by atoms with Crippen LogP contribution < -0.4 is 11.2 Å². The molecule has 0 aliphatic carbocycles. The Hall–Kier alpha value is -0.810. The molecule has 5 nitrogen and oxygen atoms in total. The summed E-state index contributed by atoms with van der Waals surface area (Å²) in [5.41, 5.74) is 7.13. The van der Waals surface area contributed by atoms with Crippen LogP contribution in [0, 0.1) is 5.92 Å². The van der Waals surface area contributed by atoms with E-state index >= 15 is 0 Å². The number of rotatable bonds is 2. The molecule has 0 radical (unpaired) electrons. The number of hydrogen-bond donors (Lipinski definition) is 3. The van der Waals surface area contributed by atoms with Gasteiger partial charge < -0.3 is 10.6 Å². The Bertz CT molecular complexity index is 183. The number of piperidine rings is 1. The first-order valence-electron chi connectivity index (χ1n) is 4.61. The van der Waals surface area contributed by atoms with Crippen molar-refractivity contribution in [2.24, 2.45) is 16.6 Å². The highest BCUT2D eigenvalue weighted by Gasteiger charge is 2.16. The third-order valence-electron chi connectivity index (χ3n) is 2.36. The quantitative estimate of drug-likeness (QED) is 0.312. The molecule has 1 heterocycles. The Morgan fingerprint density at radius 2 is 2.54 bits per heavy atom. The van der Waals surface area contributed by atoms with E-state index in [-0.39, 0.29) is 5.96 Å². The minimum absolute atomic E-state index is 0.105. The third kappa shape index (κ3) is 3.61. The van der Waals surface area contributed by atoms with E-state index in [0.717, 1.165) is 6.54 Å². The number of nitrogens with two attached hydrogens (primary N) is 1. The second kappa shape index (κ2) is 5.04. The first-order chi connectivity index (χ1) is 6.22. The maximum Gasteiger partial charge on any atom is 0.212 e. The van der Waals surface area contributed by atoms with Crippen molar-refractivity contribution in [1.82, 2.24) is 10.4 Å². The van der Waals surface area contributed by atoms with Crippen molar-refractivity contribution in [2.45, 2.75) is 12.8 Å². The van der Waals surface area contributed by atoms with E-state index in [2.05, 4.69) is 16.9 Å². The average molecular weight is 186 g/mol. The summed E-state index contributed by atoms with van der Waals surface area (Å²) in [5.74, 6) is 0.680. The van der Waals surface area contributed by atoms with E-state index in [1.165, 1.54) is 19.4 Å². The highest BCUT2D eigenvalue weighted by atomic mass is 16.5. The van der Waals surface area contributed by atoms with E-state index in [1.54, 1.807) is 0 Å². The fourth-order valence-corrected chi connectivity index (χ4v) is 1.69. The molecular formula is C8H18N4O. The monoisotopic (exact) mass is 186 g/mol. The number of likely N-dealkylation sites (tertiary alicyclic amines) is 1. The summed E-state index contributed by atoms with van der Waals surface area (Å²) in [7, 11) is 2.11. The molecule has 0 spiro atoms. The summed E-state index contributed by atoms with van der Waals surface area (Å²) in [6.07, 6.45) is 2.43. The topological polar surface area (TPSA) is 73.9 Å². The summed E-state index contributed by atoms with van der Waals surface area (Å²) in [6.45, 7) is 2.94. The molecule has 0 bridgehead atoms. The van der Waals surface area contributed by atoms with E-state index < -0.39 is 0 Å². The van der Waals surface area contributed by atoms with Gasteiger partial charge in [-0.25, -0.2) is 5.48 Å². The maximum atomic E-state index is 8.40. The molecule has 13 heavy (non-hydrogen) atoms. The third-order valence-corrected chi connectivity index (χ3v) is 2.36. The Balaban J connectivity index is 2.28. The van der Waals surface area contributed by atoms with Crippen molar-refractivity contribution >= 4 is 5.96 Å². The van der Waals surface area contributed by atoms with Crippen LogP contribution in [0.3, 0.4) is 0 Å². The summed E-state index contributed by atoms with van der Waals surface area (Å²) >= 11 is 0. The van der Waals surface area contributed by atoms with Crippen LogP contribution in [0.15, 0.2) is 4.99 Å². The van der Waals surface area contributed by atoms with Gasteiger partial charge in [-0.15, -0.1) is 0 Å². The second-order valence-corrected chi connectivity index (χ2v) is 3.61. The lowest BCUT2D eigenvalue weighted by atomic mass is 9.99. The van der Waals surface area contributed by atoms with Crippen molar-refractivity contribution in [3.05, 3.63) is 0 Å². The van der Waals surface area contributed by atoms with Gasteiger partial charge in [0.25, 0.3) is 0 Å². The molecule has 0 aromatic heterocycles. The van der Waals surface area contributed by atoms with Crippen LogP contribution in [0.5, 0.6) is 0 Å². The van der Waals surface area contributed by atoms with E-state index in [0.29, 0.717) is 12.5 Å². The van der Waals surface area contributed by atoms with Crippen molar-refractivity contribution < 1.29 is 5.21 Å². The minimum atomic E-state index is 0.105. The van der Waals surface area contributed by atoms with Gasteiger partial charge in [-0.2, -0.15) is 0 Å². The lowest BCUT2D eigenvalue weighted by molar-refractivity contribution is 0.212. The highest BCUT2D eigenvalue weighted by molar-refractivity contribution is 5.76. The molecule has 5 heteroatoms. The predicted octanol–water partition coefficient (Wildman–Crippen LogP) is -0.378. The zero-order valence-corrected chi connectivity index (χ0v) is 8.03. The van der Waals surface area contributed by atoms with Crippen molar-refractivity contribution in [3.63, 3.8) is 0 Å². The van der Waals surface area contributed by atoms with Gasteiger partial charge in [-0.05, 0) is 32.4 Å². The normalized spacial score (nSPS) is 26.0. The molecule has 1 aliphatic heterocycles. The number of nitrogens with one attached hydrogen (secondary N) is 1. The molecule has 1 unspecified atom stereocenters. The molecule has 1 atom stereocenters. The average Bonchev–Trinajstić information content (AvgIpc) is 2.14. The van der Waals surface area contributed by atoms with Crippen LogP contribution >= 0.6 is 0 Å². The standard InChI is InChI=1S/C8H18N4O/c1-12-4-2-3-7(6-12)5-10-8(9)11-13/h7,13H,2-6H2,1H3,(H3,9,10,11). The molecule has 1 saturated heterocycles. The van der Waals surface area contributed by atoms with Gasteiger partial charge in [0.2, 0.25) is 5.96 Å². The van der Waals surface area contributed by atoms with Gasteiger partial charge in [0.05, 0.1) is 0 Å². The molecule has 0 saturated carbocycles. The first-order valence-corrected chi connectivity index (χ1v) is 4.61. The SMILES string of the molecule is CN1CCCC(CN=C(N)NO)C1. The van der Waals surface area contributed by atoms with Crippen LogP contribution in [-0.4, -0.2) is 42.7 Å². The summed E-state index contributed by atoms with van der Waals surface area (Å²) in [4.78, 5) is 6.31. The van der Waals surface area contributed by atoms with Crippen LogP contribution in [0.25, 0.3) is 0 Å². The molecule has 0 amide bonds. The zero-order chi connectivity index (χ0) is 9.68. The molecular weight excluding hydrogens is 168 g/mol. The summed E-state index contributed by atoms with van der Waals surface area (Å²) in [5, 5.41) is 8.40. The predicted molar refractivity (Wildman–Crippen MR) is 51.6 cm³/mol. The van der Waals surface area contributed by atoms with Crippen LogP contribution in [-0.2, 0) is 0 Å². The maximum absolute atomic E-state index is 8.40. The van der Waals surface area contributed by atoms with Gasteiger partial charge >= 0.3 is 0 Å². The molecule has 1 rings (SSSR count). The lowest BCUT2D eigenvalue weighted by Crippen LogP contribution is -2.35. The number of hydroxylamine groups is 1. The Morgan fingerprint density at radius 1 is 1.77 bits per heavy atom. The lowest BCUT2D eigenvalue weighted by Gasteiger charge is -2.28. The zero-order valence-electron chi connectivity index (χ0n) is 8.03. The molecule has 76 valence electrons. The minimum Gasteiger partial charge on any atom is -0.368 e. The van der Waals surface area contributed by atoms with E-state index in [1.807, 2.05) is 5.48 Å². The number of guanidine groups is 1. The Labute approximate surface area is 78.6 Å². The summed E-state index contributed by atoms with van der Waals surface area (Å²) in [6, 6.07) is 0. The van der Waals surface area contributed by atoms with Crippen LogP contribution in [0.2, 0.25) is 0 Å². The number of hydrogen-bond acceptors (Lipinski definition) is 3. The van der Waals surface area contributed by atoms with Crippen molar-refractivity contribution in [2.75, 3.05) is 26.7 Å². The van der Waals surface area contributed by atoms with Gasteiger partial charge in [-0.1, -0.05) is 0 Å². The van der Waals surface area contributed by atoms with Gasteiger partial charge in [-0.3, -0.25) is 10.2 Å². The molecule has 0 aromatic rings. The van der Waals surface area contributed by atoms with Crippen LogP contribution in [0.1, 0.15) is 12.8 Å². The number of nitrogens with zero attached hydrogens (tertiary/aromatic N) is 2. The van der Waals surface area contributed by atoms with Gasteiger partial charge in [0.15, 0.2) is 0 Å². The Morgan fingerprint density at radius 3 is 3.15 bits per heavy atom. The fraction of sp³-hybridized carbons (Fsp3) is 0.875. The Kier molecular flexibility index (Phi) is 3.98. The summed E-state index contributed by atoms with van der Waals surface area (Å²) < 4.78 is 0. The van der Waals surface area contributed by atoms with Gasteiger partial charge in [0, 0.05) is 13.1 Å². The van der Waals surface area contributed by atoms with Crippen molar-refractivity contribution in [1.29, 1.82) is 0 Å². The van der Waals surface area contributed by atoms with Crippen molar-refractivity contribution in [3.8, 4) is 0 Å². The van der Waals surface area contributed by atoms with E-state index in [9.17, 15) is 0 Å². The van der Waals surface area contributed by atoms with Crippen LogP contribution in [0.4, 0.5) is 0 Å². The molecule has 1 fully saturated rings. The molecule has 4 N–H and O–H groups in total. The fourth-order valence-electron chi connectivity index (χ4n) is 1.69. The smallest absolute Gasteiger partial charge is 0.212 e. The van der Waals surface area contributed by atoms with Gasteiger partial charge in [0.1, 0.15) is 0 Å².